The van der Waals surface area contributed by atoms with Crippen molar-refractivity contribution >= 4 is 0 Å². The van der Waals surface area contributed by atoms with Gasteiger partial charge in [0, 0.05) is 0 Å². The van der Waals surface area contributed by atoms with E-state index in [-0.39, 0.29) is 4.97 Å². The van der Waals surface area contributed by atoms with Crippen molar-refractivity contribution in [2.75, 3.05) is 28.4 Å². The summed E-state index contributed by atoms with van der Waals surface area (Å²) in [5.41, 5.74) is 0. The van der Waals surface area contributed by atoms with E-state index in [2.05, 4.69) is 0 Å². The molecule has 0 saturated carbocycles. The molecule has 0 aliphatic heterocycles. The maximum atomic E-state index is 4.73. The topological polar surface area (TPSA) is 27.7 Å². The first kappa shape index (κ1) is 7.84. The number of hydroxylamine groups is 3. The Morgan fingerprint density at radius 1 is 0.875 bits per heavy atom. The van der Waals surface area contributed by atoms with Gasteiger partial charge in [-0.25, -0.2) is 0 Å². The molecule has 0 rings (SSSR count). The van der Waals surface area contributed by atoms with Crippen LogP contribution in [0.1, 0.15) is 0 Å². The number of hydrogen-bond donors (Lipinski definition) is 0. The largest absolute Gasteiger partial charge is 0.168 e. The Morgan fingerprint density at radius 2 is 1.12 bits per heavy atom. The first-order valence-corrected chi connectivity index (χ1v) is 2.22. The van der Waals surface area contributed by atoms with E-state index in [9.17, 15) is 0 Å². The van der Waals surface area contributed by atoms with Crippen LogP contribution in [0.15, 0.2) is 0 Å². The maximum Gasteiger partial charge on any atom is 0.168 e. The second-order valence-corrected chi connectivity index (χ2v) is 1.32. The van der Waals surface area contributed by atoms with E-state index in [1.54, 1.807) is 7.05 Å². The lowest BCUT2D eigenvalue weighted by atomic mass is 11.4. The maximum absolute atomic E-state index is 4.73. The Balaban J connectivity index is 3.58. The van der Waals surface area contributed by atoms with Gasteiger partial charge in [-0.3, -0.25) is 0 Å². The fourth-order valence-corrected chi connectivity index (χ4v) is 0.224. The first-order valence-electron chi connectivity index (χ1n) is 2.22. The van der Waals surface area contributed by atoms with Gasteiger partial charge in [-0.05, 0) is 0 Å². The Hall–Kier alpha value is -0.160. The van der Waals surface area contributed by atoms with Gasteiger partial charge in [0.25, 0.3) is 0 Å². The molecule has 0 atom stereocenters. The van der Waals surface area contributed by atoms with Gasteiger partial charge in [0.1, 0.15) is 21.3 Å². The summed E-state index contributed by atoms with van der Waals surface area (Å²) in [4.78, 5) is 13.9. The zero-order valence-electron chi connectivity index (χ0n) is 5.67. The highest BCUT2D eigenvalue weighted by Gasteiger charge is 2.20. The summed E-state index contributed by atoms with van der Waals surface area (Å²) in [5, 5.41) is 0. The standard InChI is InChI=1S/C4H12NO3/c1-5(6-2,7-3)8-4/h1-4H3/q+1. The fourth-order valence-electron chi connectivity index (χ4n) is 0.224. The van der Waals surface area contributed by atoms with Crippen molar-refractivity contribution in [2.24, 2.45) is 0 Å². The lowest BCUT2D eigenvalue weighted by molar-refractivity contribution is -1.35. The van der Waals surface area contributed by atoms with Crippen LogP contribution in [0, 0.1) is 0 Å². The summed E-state index contributed by atoms with van der Waals surface area (Å²) in [6.45, 7) is 0. The number of rotatable bonds is 3. The van der Waals surface area contributed by atoms with Crippen LogP contribution in [0.2, 0.25) is 0 Å². The van der Waals surface area contributed by atoms with Crippen molar-refractivity contribution in [3.05, 3.63) is 0 Å². The molecule has 0 spiro atoms. The molecule has 4 heteroatoms. The van der Waals surface area contributed by atoms with Gasteiger partial charge >= 0.3 is 0 Å². The van der Waals surface area contributed by atoms with E-state index < -0.39 is 0 Å². The smallest absolute Gasteiger partial charge is 0.135 e. The molecule has 8 heavy (non-hydrogen) atoms. The van der Waals surface area contributed by atoms with Crippen LogP contribution in [-0.4, -0.2) is 33.4 Å². The molecular weight excluding hydrogens is 110 g/mol. The van der Waals surface area contributed by atoms with Gasteiger partial charge < -0.3 is 0 Å². The molecule has 0 radical (unpaired) electrons. The minimum absolute atomic E-state index is 0.292. The highest BCUT2D eigenvalue weighted by Crippen LogP contribution is 1.99. The van der Waals surface area contributed by atoms with E-state index in [4.69, 9.17) is 14.5 Å². The second kappa shape index (κ2) is 2.99. The van der Waals surface area contributed by atoms with Crippen molar-refractivity contribution in [3.63, 3.8) is 0 Å². The van der Waals surface area contributed by atoms with E-state index >= 15 is 0 Å². The first-order chi connectivity index (χ1) is 3.68. The molecule has 0 fully saturated rings. The summed E-state index contributed by atoms with van der Waals surface area (Å²) < 4.78 is 0. The van der Waals surface area contributed by atoms with E-state index in [0.717, 1.165) is 0 Å². The Labute approximate surface area is 49.0 Å². The summed E-state index contributed by atoms with van der Waals surface area (Å²) >= 11 is 0. The van der Waals surface area contributed by atoms with E-state index in [1.165, 1.54) is 21.3 Å². The van der Waals surface area contributed by atoms with Gasteiger partial charge in [0.05, 0.1) is 4.97 Å². The highest BCUT2D eigenvalue weighted by atomic mass is 17.2. The molecule has 0 aromatic carbocycles. The zero-order valence-corrected chi connectivity index (χ0v) is 5.67. The molecule has 50 valence electrons. The average Bonchev–Trinajstić information content (AvgIpc) is 1.87. The van der Waals surface area contributed by atoms with Crippen LogP contribution in [0.3, 0.4) is 0 Å². The summed E-state index contributed by atoms with van der Waals surface area (Å²) in [7, 11) is 6.10. The molecular formula is C4H12NO3+. The Morgan fingerprint density at radius 3 is 1.12 bits per heavy atom. The van der Waals surface area contributed by atoms with Gasteiger partial charge in [0.15, 0.2) is 7.05 Å². The monoisotopic (exact) mass is 122 g/mol. The number of hydrogen-bond acceptors (Lipinski definition) is 3. The normalized spacial score (nSPS) is 12.0. The van der Waals surface area contributed by atoms with Gasteiger partial charge in [0.2, 0.25) is 0 Å². The second-order valence-electron chi connectivity index (χ2n) is 1.32. The molecule has 0 N–H and O–H groups in total. The number of quaternary nitrogens is 1. The molecule has 0 aliphatic rings. The van der Waals surface area contributed by atoms with Crippen LogP contribution in [-0.2, 0) is 14.5 Å². The summed E-state index contributed by atoms with van der Waals surface area (Å²) in [6, 6.07) is 0. The van der Waals surface area contributed by atoms with Crippen LogP contribution in [0.5, 0.6) is 0 Å². The Bertz CT molecular complexity index is 54.0. The minimum Gasteiger partial charge on any atom is -0.135 e. The van der Waals surface area contributed by atoms with Crippen LogP contribution in [0.4, 0.5) is 0 Å². The van der Waals surface area contributed by atoms with E-state index in [0.29, 0.717) is 0 Å². The molecule has 0 unspecified atom stereocenters. The molecule has 0 aliphatic carbocycles. The van der Waals surface area contributed by atoms with Crippen molar-refractivity contribution in [1.29, 1.82) is 0 Å². The third-order valence-electron chi connectivity index (χ3n) is 0.995. The number of nitrogens with zero attached hydrogens (tertiary/aromatic N) is 1. The summed E-state index contributed by atoms with van der Waals surface area (Å²) in [6.07, 6.45) is 0. The van der Waals surface area contributed by atoms with Gasteiger partial charge in [-0.15, -0.1) is 14.5 Å². The minimum atomic E-state index is -0.292. The van der Waals surface area contributed by atoms with Crippen LogP contribution < -0.4 is 0 Å². The van der Waals surface area contributed by atoms with Gasteiger partial charge in [-0.1, -0.05) is 0 Å². The fraction of sp³-hybridized carbons (Fsp3) is 1.00. The highest BCUT2D eigenvalue weighted by molar-refractivity contribution is 3.62. The molecule has 0 aromatic rings. The third kappa shape index (κ3) is 1.75. The van der Waals surface area contributed by atoms with Crippen molar-refractivity contribution < 1.29 is 19.5 Å². The van der Waals surface area contributed by atoms with E-state index in [1.807, 2.05) is 0 Å². The zero-order chi connectivity index (χ0) is 6.62. The summed E-state index contributed by atoms with van der Waals surface area (Å²) in [5.74, 6) is 0. The third-order valence-corrected chi connectivity index (χ3v) is 0.995. The molecule has 0 bridgehead atoms. The molecule has 0 amide bonds. The Kier molecular flexibility index (Phi) is 2.93. The van der Waals surface area contributed by atoms with Crippen molar-refractivity contribution in [1.82, 2.24) is 0 Å². The lowest BCUT2D eigenvalue weighted by Gasteiger charge is -2.19. The SMILES string of the molecule is CO[N+](C)(OC)OC. The molecule has 0 aromatic heterocycles. The van der Waals surface area contributed by atoms with Crippen LogP contribution in [0.25, 0.3) is 0 Å². The van der Waals surface area contributed by atoms with Gasteiger partial charge in [-0.2, -0.15) is 0 Å². The average molecular weight is 122 g/mol. The van der Waals surface area contributed by atoms with Crippen LogP contribution >= 0.6 is 0 Å². The van der Waals surface area contributed by atoms with Crippen molar-refractivity contribution in [2.45, 2.75) is 0 Å². The molecule has 4 nitrogen and oxygen atoms in total. The lowest BCUT2D eigenvalue weighted by Crippen LogP contribution is -2.40. The molecule has 0 heterocycles. The molecule has 0 saturated heterocycles. The predicted molar refractivity (Wildman–Crippen MR) is 27.2 cm³/mol. The predicted octanol–water partition coefficient (Wildman–Crippen LogP) is 0.117. The quantitative estimate of drug-likeness (QED) is 0.393. The van der Waals surface area contributed by atoms with Crippen molar-refractivity contribution in [3.8, 4) is 0 Å².